The standard InChI is InChI=1S/C15H28N2O3/c1-15(2,3)14(20)16-9-8-13(19)17(10-11-18)12-6-4-5-7-12/h12,18H,4-11H2,1-3H3,(H,16,20). The smallest absolute Gasteiger partial charge is 0.225 e. The van der Waals surface area contributed by atoms with Gasteiger partial charge in [-0.15, -0.1) is 0 Å². The molecule has 116 valence electrons. The van der Waals surface area contributed by atoms with Gasteiger partial charge in [-0.1, -0.05) is 33.6 Å². The first-order valence-electron chi connectivity index (χ1n) is 7.55. The highest BCUT2D eigenvalue weighted by Gasteiger charge is 2.26. The first kappa shape index (κ1) is 17.0. The van der Waals surface area contributed by atoms with Crippen LogP contribution in [0.25, 0.3) is 0 Å². The van der Waals surface area contributed by atoms with Gasteiger partial charge >= 0.3 is 0 Å². The Labute approximate surface area is 121 Å². The second-order valence-electron chi connectivity index (χ2n) is 6.50. The van der Waals surface area contributed by atoms with Crippen LogP contribution in [0, 0.1) is 5.41 Å². The molecule has 1 aliphatic carbocycles. The van der Waals surface area contributed by atoms with Crippen molar-refractivity contribution in [3.05, 3.63) is 0 Å². The number of amides is 2. The molecule has 1 rings (SSSR count). The van der Waals surface area contributed by atoms with E-state index in [1.165, 1.54) is 0 Å². The van der Waals surface area contributed by atoms with Crippen LogP contribution in [-0.2, 0) is 9.59 Å². The molecule has 0 saturated heterocycles. The third-order valence-corrected chi connectivity index (χ3v) is 3.73. The second kappa shape index (κ2) is 7.62. The van der Waals surface area contributed by atoms with Crippen molar-refractivity contribution in [3.63, 3.8) is 0 Å². The van der Waals surface area contributed by atoms with Crippen LogP contribution in [0.4, 0.5) is 0 Å². The van der Waals surface area contributed by atoms with Crippen molar-refractivity contribution in [1.82, 2.24) is 10.2 Å². The number of aliphatic hydroxyl groups excluding tert-OH is 1. The van der Waals surface area contributed by atoms with Crippen LogP contribution in [0.2, 0.25) is 0 Å². The molecule has 0 aromatic heterocycles. The highest BCUT2D eigenvalue weighted by atomic mass is 16.3. The Morgan fingerprint density at radius 3 is 2.35 bits per heavy atom. The van der Waals surface area contributed by atoms with E-state index in [4.69, 9.17) is 5.11 Å². The summed E-state index contributed by atoms with van der Waals surface area (Å²) in [6, 6.07) is 0.271. The minimum atomic E-state index is -0.431. The molecule has 0 aliphatic heterocycles. The lowest BCUT2D eigenvalue weighted by Gasteiger charge is -2.28. The molecule has 0 atom stereocenters. The van der Waals surface area contributed by atoms with Crippen molar-refractivity contribution in [1.29, 1.82) is 0 Å². The maximum Gasteiger partial charge on any atom is 0.225 e. The summed E-state index contributed by atoms with van der Waals surface area (Å²) in [7, 11) is 0. The van der Waals surface area contributed by atoms with E-state index >= 15 is 0 Å². The van der Waals surface area contributed by atoms with Crippen LogP contribution in [0.15, 0.2) is 0 Å². The summed E-state index contributed by atoms with van der Waals surface area (Å²) in [5.74, 6) is -0.0139. The first-order chi connectivity index (χ1) is 9.36. The van der Waals surface area contributed by atoms with Crippen molar-refractivity contribution in [3.8, 4) is 0 Å². The Kier molecular flexibility index (Phi) is 6.46. The molecule has 1 fully saturated rings. The maximum absolute atomic E-state index is 12.2. The van der Waals surface area contributed by atoms with Gasteiger partial charge in [-0.05, 0) is 12.8 Å². The summed E-state index contributed by atoms with van der Waals surface area (Å²) < 4.78 is 0. The molecular formula is C15H28N2O3. The largest absolute Gasteiger partial charge is 0.395 e. The van der Waals surface area contributed by atoms with Gasteiger partial charge in [0, 0.05) is 31.0 Å². The second-order valence-corrected chi connectivity index (χ2v) is 6.50. The van der Waals surface area contributed by atoms with E-state index < -0.39 is 5.41 Å². The molecule has 1 aliphatic rings. The number of carbonyl (C=O) groups excluding carboxylic acids is 2. The number of nitrogens with one attached hydrogen (secondary N) is 1. The summed E-state index contributed by atoms with van der Waals surface area (Å²) >= 11 is 0. The Hall–Kier alpha value is -1.10. The Bertz CT molecular complexity index is 331. The fraction of sp³-hybridized carbons (Fsp3) is 0.867. The summed E-state index contributed by atoms with van der Waals surface area (Å²) in [6.07, 6.45) is 4.67. The minimum Gasteiger partial charge on any atom is -0.395 e. The van der Waals surface area contributed by atoms with E-state index in [1.54, 1.807) is 4.90 Å². The highest BCUT2D eigenvalue weighted by Crippen LogP contribution is 2.23. The van der Waals surface area contributed by atoms with Gasteiger partial charge in [0.15, 0.2) is 0 Å². The van der Waals surface area contributed by atoms with E-state index in [0.717, 1.165) is 25.7 Å². The zero-order valence-corrected chi connectivity index (χ0v) is 12.9. The number of carbonyl (C=O) groups is 2. The molecule has 5 nitrogen and oxygen atoms in total. The van der Waals surface area contributed by atoms with Crippen molar-refractivity contribution in [2.75, 3.05) is 19.7 Å². The lowest BCUT2D eigenvalue weighted by atomic mass is 9.96. The number of hydrogen-bond donors (Lipinski definition) is 2. The summed E-state index contributed by atoms with van der Waals surface area (Å²) in [6.45, 7) is 6.30. The number of hydrogen-bond acceptors (Lipinski definition) is 3. The molecule has 0 spiro atoms. The lowest BCUT2D eigenvalue weighted by Crippen LogP contribution is -2.43. The van der Waals surface area contributed by atoms with Gasteiger partial charge in [0.1, 0.15) is 0 Å². The van der Waals surface area contributed by atoms with E-state index in [-0.39, 0.29) is 24.5 Å². The van der Waals surface area contributed by atoms with Crippen LogP contribution in [-0.4, -0.2) is 47.6 Å². The van der Waals surface area contributed by atoms with Gasteiger partial charge in [-0.2, -0.15) is 0 Å². The summed E-state index contributed by atoms with van der Waals surface area (Å²) in [5.41, 5.74) is -0.431. The predicted molar refractivity (Wildman–Crippen MR) is 78.1 cm³/mol. The van der Waals surface area contributed by atoms with Crippen LogP contribution in [0.5, 0.6) is 0 Å². The molecule has 0 radical (unpaired) electrons. The predicted octanol–water partition coefficient (Wildman–Crippen LogP) is 1.30. The van der Waals surface area contributed by atoms with Crippen LogP contribution < -0.4 is 5.32 Å². The zero-order valence-electron chi connectivity index (χ0n) is 12.9. The topological polar surface area (TPSA) is 69.6 Å². The minimum absolute atomic E-state index is 0.00338. The van der Waals surface area contributed by atoms with Crippen molar-refractivity contribution >= 4 is 11.8 Å². The number of nitrogens with zero attached hydrogens (tertiary/aromatic N) is 1. The normalized spacial score (nSPS) is 16.2. The molecule has 0 heterocycles. The number of rotatable bonds is 6. The molecule has 0 bridgehead atoms. The molecule has 0 aromatic carbocycles. The molecule has 5 heteroatoms. The average Bonchev–Trinajstić information content (AvgIpc) is 2.87. The van der Waals surface area contributed by atoms with Gasteiger partial charge in [-0.3, -0.25) is 9.59 Å². The van der Waals surface area contributed by atoms with Crippen LogP contribution in [0.3, 0.4) is 0 Å². The first-order valence-corrected chi connectivity index (χ1v) is 7.55. The summed E-state index contributed by atoms with van der Waals surface area (Å²) in [5, 5.41) is 11.9. The van der Waals surface area contributed by atoms with Crippen molar-refractivity contribution in [2.24, 2.45) is 5.41 Å². The zero-order chi connectivity index (χ0) is 15.2. The van der Waals surface area contributed by atoms with Gasteiger partial charge in [-0.25, -0.2) is 0 Å². The molecule has 2 amide bonds. The SMILES string of the molecule is CC(C)(C)C(=O)NCCC(=O)N(CCO)C1CCCC1. The molecule has 1 saturated carbocycles. The third-order valence-electron chi connectivity index (χ3n) is 3.73. The van der Waals surface area contributed by atoms with Gasteiger partial charge in [0.25, 0.3) is 0 Å². The molecule has 0 aromatic rings. The fourth-order valence-electron chi connectivity index (χ4n) is 2.53. The maximum atomic E-state index is 12.2. The fourth-order valence-corrected chi connectivity index (χ4v) is 2.53. The molecule has 2 N–H and O–H groups in total. The van der Waals surface area contributed by atoms with Crippen LogP contribution in [0.1, 0.15) is 52.9 Å². The van der Waals surface area contributed by atoms with Gasteiger partial charge in [0.2, 0.25) is 11.8 Å². The monoisotopic (exact) mass is 284 g/mol. The van der Waals surface area contributed by atoms with E-state index in [1.807, 2.05) is 20.8 Å². The van der Waals surface area contributed by atoms with Gasteiger partial charge < -0.3 is 15.3 Å². The van der Waals surface area contributed by atoms with Crippen molar-refractivity contribution < 1.29 is 14.7 Å². The quantitative estimate of drug-likeness (QED) is 0.772. The molecule has 20 heavy (non-hydrogen) atoms. The Balaban J connectivity index is 2.40. The van der Waals surface area contributed by atoms with Gasteiger partial charge in [0.05, 0.1) is 6.61 Å². The van der Waals surface area contributed by atoms with E-state index in [9.17, 15) is 9.59 Å². The molecule has 0 unspecified atom stereocenters. The Morgan fingerprint density at radius 2 is 1.85 bits per heavy atom. The average molecular weight is 284 g/mol. The lowest BCUT2D eigenvalue weighted by molar-refractivity contribution is -0.134. The third kappa shape index (κ3) is 5.12. The highest BCUT2D eigenvalue weighted by molar-refractivity contribution is 5.82. The molecular weight excluding hydrogens is 256 g/mol. The summed E-state index contributed by atoms with van der Waals surface area (Å²) in [4.78, 5) is 25.7. The van der Waals surface area contributed by atoms with Crippen molar-refractivity contribution in [2.45, 2.75) is 58.9 Å². The number of aliphatic hydroxyl groups is 1. The van der Waals surface area contributed by atoms with E-state index in [0.29, 0.717) is 19.5 Å². The van der Waals surface area contributed by atoms with Crippen LogP contribution >= 0.6 is 0 Å². The van der Waals surface area contributed by atoms with E-state index in [2.05, 4.69) is 5.32 Å². The Morgan fingerprint density at radius 1 is 1.25 bits per heavy atom.